The molecule has 0 aliphatic carbocycles. The first kappa shape index (κ1) is 18.7. The monoisotopic (exact) mass is 390 g/mol. The number of carbonyl (C=O) groups is 2. The van der Waals surface area contributed by atoms with Crippen molar-refractivity contribution >= 4 is 28.3 Å². The van der Waals surface area contributed by atoms with Gasteiger partial charge in [-0.2, -0.15) is 0 Å². The van der Waals surface area contributed by atoms with Gasteiger partial charge in [-0.3, -0.25) is 10.1 Å². The van der Waals surface area contributed by atoms with Crippen LogP contribution in [0.25, 0.3) is 0 Å². The first-order chi connectivity index (χ1) is 12.8. The van der Waals surface area contributed by atoms with E-state index < -0.39 is 23.8 Å². The maximum atomic E-state index is 12.4. The Morgan fingerprint density at radius 1 is 1.33 bits per heavy atom. The molecule has 1 unspecified atom stereocenters. The molecule has 3 rings (SSSR count). The number of hydrogen-bond acceptors (Lipinski definition) is 7. The van der Waals surface area contributed by atoms with Crippen molar-refractivity contribution in [3.8, 4) is 0 Å². The van der Waals surface area contributed by atoms with Crippen molar-refractivity contribution < 1.29 is 28.9 Å². The zero-order valence-corrected chi connectivity index (χ0v) is 15.5. The Morgan fingerprint density at radius 3 is 2.74 bits per heavy atom. The van der Waals surface area contributed by atoms with Crippen molar-refractivity contribution in [2.75, 3.05) is 5.32 Å². The molecule has 1 aliphatic heterocycles. The Labute approximate surface area is 159 Å². The van der Waals surface area contributed by atoms with Crippen LogP contribution in [0.2, 0.25) is 0 Å². The summed E-state index contributed by atoms with van der Waals surface area (Å²) in [5, 5.41) is 12.9. The van der Waals surface area contributed by atoms with Gasteiger partial charge < -0.3 is 19.3 Å². The number of carboxylic acid groups (broad SMARTS) is 1. The average molecular weight is 390 g/mol. The first-order valence-corrected chi connectivity index (χ1v) is 8.97. The number of nitrogens with one attached hydrogen (secondary N) is 1. The molecule has 27 heavy (non-hydrogen) atoms. The first-order valence-electron chi connectivity index (χ1n) is 8.09. The highest BCUT2D eigenvalue weighted by atomic mass is 32.1. The maximum absolute atomic E-state index is 12.4. The number of amides is 1. The molecule has 0 radical (unpaired) electrons. The molecule has 1 atom stereocenters. The Kier molecular flexibility index (Phi) is 5.31. The van der Waals surface area contributed by atoms with Gasteiger partial charge in [0.1, 0.15) is 0 Å². The maximum Gasteiger partial charge on any atom is 0.355 e. The molecule has 1 aromatic carbocycles. The Morgan fingerprint density at radius 2 is 2.07 bits per heavy atom. The van der Waals surface area contributed by atoms with Crippen molar-refractivity contribution in [3.63, 3.8) is 0 Å². The van der Waals surface area contributed by atoms with E-state index in [1.165, 1.54) is 11.6 Å². The molecule has 0 fully saturated rings. The number of thiazole rings is 1. The highest BCUT2D eigenvalue weighted by Crippen LogP contribution is 2.25. The number of aromatic nitrogens is 1. The fraction of sp³-hybridized carbons (Fsp3) is 0.278. The standard InChI is InChI=1S/C18H18N2O6S/c1-18(2,16(23)20-17-19-12(10-27-17)15(21)22)26-14-9-24-13(25-14)8-11-6-4-3-5-7-11/h3-7,9-10,13H,8H2,1-2H3,(H,21,22)(H,19,20,23). The molecule has 1 aromatic heterocycles. The number of aromatic carboxylic acids is 1. The molecular formula is C18H18N2O6S. The minimum absolute atomic E-state index is 0.0986. The van der Waals surface area contributed by atoms with Crippen molar-refractivity contribution in [2.24, 2.45) is 0 Å². The topological polar surface area (TPSA) is 107 Å². The largest absolute Gasteiger partial charge is 0.476 e. The zero-order valence-electron chi connectivity index (χ0n) is 14.7. The van der Waals surface area contributed by atoms with Crippen LogP contribution in [-0.4, -0.2) is 33.9 Å². The van der Waals surface area contributed by atoms with Gasteiger partial charge in [0.2, 0.25) is 6.29 Å². The second-order valence-corrected chi connectivity index (χ2v) is 7.08. The smallest absolute Gasteiger partial charge is 0.355 e. The summed E-state index contributed by atoms with van der Waals surface area (Å²) >= 11 is 1.02. The second-order valence-electron chi connectivity index (χ2n) is 6.22. The van der Waals surface area contributed by atoms with Gasteiger partial charge in [-0.1, -0.05) is 30.3 Å². The van der Waals surface area contributed by atoms with Crippen LogP contribution in [-0.2, 0) is 25.4 Å². The fourth-order valence-electron chi connectivity index (χ4n) is 2.24. The molecule has 1 amide bonds. The minimum atomic E-state index is -1.29. The van der Waals surface area contributed by atoms with E-state index in [0.29, 0.717) is 6.42 Å². The summed E-state index contributed by atoms with van der Waals surface area (Å²) in [5.41, 5.74) is -0.369. The SMILES string of the molecule is CC(C)(OC1=COC(Cc2ccccc2)O1)C(=O)Nc1nc(C(=O)O)cs1. The molecule has 2 heterocycles. The third-order valence-electron chi connectivity index (χ3n) is 3.66. The highest BCUT2D eigenvalue weighted by Gasteiger charge is 2.34. The summed E-state index contributed by atoms with van der Waals surface area (Å²) in [4.78, 5) is 27.1. The van der Waals surface area contributed by atoms with Gasteiger partial charge in [-0.05, 0) is 19.4 Å². The predicted molar refractivity (Wildman–Crippen MR) is 97.1 cm³/mol. The van der Waals surface area contributed by atoms with E-state index in [4.69, 9.17) is 19.3 Å². The van der Waals surface area contributed by atoms with Crippen LogP contribution in [0, 0.1) is 0 Å². The van der Waals surface area contributed by atoms with Gasteiger partial charge in [0.15, 0.2) is 22.7 Å². The van der Waals surface area contributed by atoms with Gasteiger partial charge in [0, 0.05) is 11.8 Å². The third-order valence-corrected chi connectivity index (χ3v) is 4.41. The van der Waals surface area contributed by atoms with Crippen LogP contribution >= 0.6 is 11.3 Å². The van der Waals surface area contributed by atoms with Crippen LogP contribution in [0.15, 0.2) is 47.9 Å². The van der Waals surface area contributed by atoms with Crippen molar-refractivity contribution in [3.05, 3.63) is 59.2 Å². The highest BCUT2D eigenvalue weighted by molar-refractivity contribution is 7.14. The normalized spacial score (nSPS) is 16.1. The average Bonchev–Trinajstić information content (AvgIpc) is 3.25. The second kappa shape index (κ2) is 7.67. The van der Waals surface area contributed by atoms with E-state index in [2.05, 4.69) is 10.3 Å². The summed E-state index contributed by atoms with van der Waals surface area (Å²) in [6.07, 6.45) is 1.33. The van der Waals surface area contributed by atoms with Crippen LogP contribution < -0.4 is 5.32 Å². The quantitative estimate of drug-likeness (QED) is 0.748. The third kappa shape index (κ3) is 4.76. The molecule has 0 saturated heterocycles. The number of nitrogens with zero attached hydrogens (tertiary/aromatic N) is 1. The summed E-state index contributed by atoms with van der Waals surface area (Å²) in [7, 11) is 0. The lowest BCUT2D eigenvalue weighted by Crippen LogP contribution is -2.39. The van der Waals surface area contributed by atoms with E-state index in [1.807, 2.05) is 30.3 Å². The van der Waals surface area contributed by atoms with E-state index in [1.54, 1.807) is 13.8 Å². The Balaban J connectivity index is 1.54. The molecule has 8 nitrogen and oxygen atoms in total. The molecule has 0 spiro atoms. The lowest BCUT2D eigenvalue weighted by atomic mass is 10.1. The molecule has 2 N–H and O–H groups in total. The predicted octanol–water partition coefficient (Wildman–Crippen LogP) is 2.99. The minimum Gasteiger partial charge on any atom is -0.476 e. The molecule has 142 valence electrons. The van der Waals surface area contributed by atoms with E-state index in [-0.39, 0.29) is 16.8 Å². The van der Waals surface area contributed by atoms with E-state index in [9.17, 15) is 9.59 Å². The summed E-state index contributed by atoms with van der Waals surface area (Å²) in [6, 6.07) is 9.70. The molecular weight excluding hydrogens is 372 g/mol. The number of hydrogen-bond donors (Lipinski definition) is 2. The zero-order chi connectivity index (χ0) is 19.4. The van der Waals surface area contributed by atoms with Crippen molar-refractivity contribution in [2.45, 2.75) is 32.2 Å². The molecule has 0 bridgehead atoms. The summed E-state index contributed by atoms with van der Waals surface area (Å²) in [5.74, 6) is -1.56. The van der Waals surface area contributed by atoms with Crippen LogP contribution in [0.3, 0.4) is 0 Å². The van der Waals surface area contributed by atoms with Gasteiger partial charge in [0.05, 0.1) is 0 Å². The number of carboxylic acids is 1. The van der Waals surface area contributed by atoms with Crippen molar-refractivity contribution in [1.29, 1.82) is 0 Å². The van der Waals surface area contributed by atoms with Gasteiger partial charge in [0.25, 0.3) is 5.91 Å². The lowest BCUT2D eigenvalue weighted by molar-refractivity contribution is -0.144. The van der Waals surface area contributed by atoms with Crippen LogP contribution in [0.5, 0.6) is 0 Å². The van der Waals surface area contributed by atoms with Crippen LogP contribution in [0.4, 0.5) is 5.13 Å². The molecule has 0 saturated carbocycles. The van der Waals surface area contributed by atoms with Gasteiger partial charge in [-0.15, -0.1) is 11.3 Å². The molecule has 1 aliphatic rings. The summed E-state index contributed by atoms with van der Waals surface area (Å²) < 4.78 is 16.6. The molecule has 9 heteroatoms. The van der Waals surface area contributed by atoms with Crippen LogP contribution in [0.1, 0.15) is 29.9 Å². The van der Waals surface area contributed by atoms with Gasteiger partial charge >= 0.3 is 11.9 Å². The van der Waals surface area contributed by atoms with E-state index >= 15 is 0 Å². The van der Waals surface area contributed by atoms with Crippen molar-refractivity contribution in [1.82, 2.24) is 4.98 Å². The number of anilines is 1. The fourth-order valence-corrected chi connectivity index (χ4v) is 2.92. The number of ether oxygens (including phenoxy) is 3. The van der Waals surface area contributed by atoms with Gasteiger partial charge in [-0.25, -0.2) is 9.78 Å². The van der Waals surface area contributed by atoms with E-state index in [0.717, 1.165) is 16.9 Å². The number of carbonyl (C=O) groups excluding carboxylic acids is 1. The molecule has 2 aromatic rings. The summed E-state index contributed by atoms with van der Waals surface area (Å²) in [6.45, 7) is 3.12. The number of benzene rings is 1. The lowest BCUT2D eigenvalue weighted by Gasteiger charge is -2.24. The number of rotatable bonds is 7. The Bertz CT molecular complexity index is 862. The Hall–Kier alpha value is -3.07.